The zero-order valence-electron chi connectivity index (χ0n) is 11.2. The highest BCUT2D eigenvalue weighted by molar-refractivity contribution is 5.57. The van der Waals surface area contributed by atoms with E-state index in [1.807, 2.05) is 25.1 Å². The molecule has 0 bridgehead atoms. The Morgan fingerprint density at radius 1 is 1.00 bits per heavy atom. The first kappa shape index (κ1) is 12.2. The lowest BCUT2D eigenvalue weighted by Crippen LogP contribution is -2.17. The molecule has 0 amide bonds. The van der Waals surface area contributed by atoms with Crippen LogP contribution in [0.2, 0.25) is 0 Å². The Morgan fingerprint density at radius 2 is 1.58 bits per heavy atom. The van der Waals surface area contributed by atoms with Gasteiger partial charge in [0.15, 0.2) is 0 Å². The quantitative estimate of drug-likeness (QED) is 0.902. The van der Waals surface area contributed by atoms with Crippen LogP contribution in [0.5, 0.6) is 0 Å². The van der Waals surface area contributed by atoms with E-state index in [2.05, 4.69) is 35.2 Å². The van der Waals surface area contributed by atoms with Crippen LogP contribution in [-0.2, 0) is 13.1 Å². The summed E-state index contributed by atoms with van der Waals surface area (Å²) in [5.74, 6) is 0. The van der Waals surface area contributed by atoms with Crippen LogP contribution < -0.4 is 4.90 Å². The van der Waals surface area contributed by atoms with Crippen molar-refractivity contribution in [2.45, 2.75) is 32.5 Å². The van der Waals surface area contributed by atoms with Gasteiger partial charge in [-0.1, -0.05) is 49.4 Å². The number of rotatable bonds is 3. The smallest absolute Gasteiger partial charge is 0.0807 e. The van der Waals surface area contributed by atoms with Crippen LogP contribution in [0.3, 0.4) is 0 Å². The van der Waals surface area contributed by atoms with E-state index in [-0.39, 0.29) is 6.10 Å². The van der Waals surface area contributed by atoms with Gasteiger partial charge in [-0.2, -0.15) is 0 Å². The average Bonchev–Trinajstić information content (AvgIpc) is 2.90. The number of hydrogen-bond acceptors (Lipinski definition) is 2. The van der Waals surface area contributed by atoms with E-state index < -0.39 is 0 Å². The third kappa shape index (κ3) is 2.24. The summed E-state index contributed by atoms with van der Waals surface area (Å²) < 4.78 is 0. The Labute approximate surface area is 114 Å². The molecule has 0 radical (unpaired) electrons. The van der Waals surface area contributed by atoms with Gasteiger partial charge in [-0.05, 0) is 23.6 Å². The summed E-state index contributed by atoms with van der Waals surface area (Å²) in [5.41, 5.74) is 4.98. The summed E-state index contributed by atoms with van der Waals surface area (Å²) in [4.78, 5) is 2.35. The molecule has 0 saturated carbocycles. The van der Waals surface area contributed by atoms with Crippen LogP contribution in [0.1, 0.15) is 36.1 Å². The minimum atomic E-state index is -0.375. The van der Waals surface area contributed by atoms with Crippen molar-refractivity contribution >= 4 is 5.69 Å². The van der Waals surface area contributed by atoms with Crippen LogP contribution in [0, 0.1) is 0 Å². The van der Waals surface area contributed by atoms with Gasteiger partial charge in [0.1, 0.15) is 0 Å². The number of aliphatic hydroxyl groups is 1. The lowest BCUT2D eigenvalue weighted by atomic mass is 10.0. The third-order valence-corrected chi connectivity index (χ3v) is 3.86. The standard InChI is InChI=1S/C17H19NO/c1-2-17(19)15-9-5-6-10-16(15)18-11-13-7-3-4-8-14(13)12-18/h3-10,17,19H,2,11-12H2,1H3/t17-/m0/s1. The SMILES string of the molecule is CC[C@H](O)c1ccccc1N1Cc2ccccc2C1. The van der Waals surface area contributed by atoms with Crippen LogP contribution in [-0.4, -0.2) is 5.11 Å². The zero-order chi connectivity index (χ0) is 13.2. The van der Waals surface area contributed by atoms with Crippen LogP contribution in [0.15, 0.2) is 48.5 Å². The Balaban J connectivity index is 1.93. The molecule has 0 saturated heterocycles. The second-order valence-electron chi connectivity index (χ2n) is 5.11. The van der Waals surface area contributed by atoms with Crippen molar-refractivity contribution in [3.63, 3.8) is 0 Å². The molecule has 1 N–H and O–H groups in total. The molecule has 0 aromatic heterocycles. The van der Waals surface area contributed by atoms with Crippen molar-refractivity contribution < 1.29 is 5.11 Å². The highest BCUT2D eigenvalue weighted by atomic mass is 16.3. The maximum absolute atomic E-state index is 10.2. The topological polar surface area (TPSA) is 23.5 Å². The van der Waals surface area contributed by atoms with Crippen LogP contribution in [0.4, 0.5) is 5.69 Å². The van der Waals surface area contributed by atoms with Gasteiger partial charge in [-0.3, -0.25) is 0 Å². The third-order valence-electron chi connectivity index (χ3n) is 3.86. The summed E-state index contributed by atoms with van der Waals surface area (Å²) in [7, 11) is 0. The van der Waals surface area contributed by atoms with E-state index in [1.54, 1.807) is 0 Å². The predicted molar refractivity (Wildman–Crippen MR) is 78.0 cm³/mol. The number of nitrogens with zero attached hydrogens (tertiary/aromatic N) is 1. The fourth-order valence-electron chi connectivity index (χ4n) is 2.78. The van der Waals surface area contributed by atoms with Crippen LogP contribution in [0.25, 0.3) is 0 Å². The largest absolute Gasteiger partial charge is 0.388 e. The molecule has 0 spiro atoms. The van der Waals surface area contributed by atoms with Gasteiger partial charge in [0.25, 0.3) is 0 Å². The first-order chi connectivity index (χ1) is 9.29. The Morgan fingerprint density at radius 3 is 2.21 bits per heavy atom. The molecule has 0 fully saturated rings. The second-order valence-corrected chi connectivity index (χ2v) is 5.11. The average molecular weight is 253 g/mol. The number of hydrogen-bond donors (Lipinski definition) is 1. The molecule has 0 aliphatic carbocycles. The van der Waals surface area contributed by atoms with E-state index in [1.165, 1.54) is 11.1 Å². The Hall–Kier alpha value is -1.80. The Bertz CT molecular complexity index is 554. The number of aliphatic hydroxyl groups excluding tert-OH is 1. The van der Waals surface area contributed by atoms with Crippen molar-refractivity contribution in [3.05, 3.63) is 65.2 Å². The van der Waals surface area contributed by atoms with E-state index >= 15 is 0 Å². The molecular formula is C17H19NO. The Kier molecular flexibility index (Phi) is 3.26. The molecule has 1 atom stereocenters. The molecule has 3 rings (SSSR count). The van der Waals surface area contributed by atoms with Gasteiger partial charge in [0.05, 0.1) is 6.10 Å². The van der Waals surface area contributed by atoms with Crippen LogP contribution >= 0.6 is 0 Å². The second kappa shape index (κ2) is 5.06. The van der Waals surface area contributed by atoms with Gasteiger partial charge in [-0.25, -0.2) is 0 Å². The molecule has 98 valence electrons. The maximum Gasteiger partial charge on any atom is 0.0807 e. The number of fused-ring (bicyclic) bond motifs is 1. The minimum Gasteiger partial charge on any atom is -0.388 e. The van der Waals surface area contributed by atoms with Crippen molar-refractivity contribution in [3.8, 4) is 0 Å². The van der Waals surface area contributed by atoms with E-state index in [9.17, 15) is 5.11 Å². The molecule has 2 aromatic carbocycles. The number of benzene rings is 2. The minimum absolute atomic E-state index is 0.375. The monoisotopic (exact) mass is 253 g/mol. The molecule has 1 heterocycles. The van der Waals surface area contributed by atoms with Gasteiger partial charge >= 0.3 is 0 Å². The van der Waals surface area contributed by atoms with E-state index in [0.29, 0.717) is 0 Å². The first-order valence-corrected chi connectivity index (χ1v) is 6.88. The van der Waals surface area contributed by atoms with E-state index in [0.717, 1.165) is 30.8 Å². The molecular weight excluding hydrogens is 234 g/mol. The van der Waals surface area contributed by atoms with Crippen molar-refractivity contribution in [1.29, 1.82) is 0 Å². The fourth-order valence-corrected chi connectivity index (χ4v) is 2.78. The van der Waals surface area contributed by atoms with Gasteiger partial charge in [0, 0.05) is 24.3 Å². The maximum atomic E-state index is 10.2. The summed E-state index contributed by atoms with van der Waals surface area (Å²) in [6.45, 7) is 3.88. The van der Waals surface area contributed by atoms with E-state index in [4.69, 9.17) is 0 Å². The van der Waals surface area contributed by atoms with Crippen molar-refractivity contribution in [2.75, 3.05) is 4.90 Å². The van der Waals surface area contributed by atoms with Crippen molar-refractivity contribution in [2.24, 2.45) is 0 Å². The molecule has 1 aliphatic heterocycles. The molecule has 2 heteroatoms. The highest BCUT2D eigenvalue weighted by Gasteiger charge is 2.22. The molecule has 0 unspecified atom stereocenters. The first-order valence-electron chi connectivity index (χ1n) is 6.88. The molecule has 2 nitrogen and oxygen atoms in total. The fraction of sp³-hybridized carbons (Fsp3) is 0.294. The number of anilines is 1. The normalized spacial score (nSPS) is 15.4. The molecule has 19 heavy (non-hydrogen) atoms. The molecule has 2 aromatic rings. The summed E-state index contributed by atoms with van der Waals surface area (Å²) >= 11 is 0. The number of para-hydroxylation sites is 1. The summed E-state index contributed by atoms with van der Waals surface area (Å²) in [5, 5.41) is 10.2. The summed E-state index contributed by atoms with van der Waals surface area (Å²) in [6.07, 6.45) is 0.373. The lowest BCUT2D eigenvalue weighted by Gasteiger charge is -2.23. The lowest BCUT2D eigenvalue weighted by molar-refractivity contribution is 0.174. The van der Waals surface area contributed by atoms with Gasteiger partial charge < -0.3 is 10.0 Å². The predicted octanol–water partition coefficient (Wildman–Crippen LogP) is 3.65. The van der Waals surface area contributed by atoms with Gasteiger partial charge in [0.2, 0.25) is 0 Å². The highest BCUT2D eigenvalue weighted by Crippen LogP contribution is 2.33. The zero-order valence-corrected chi connectivity index (χ0v) is 11.2. The molecule has 1 aliphatic rings. The summed E-state index contributed by atoms with van der Waals surface area (Å²) in [6, 6.07) is 16.8. The van der Waals surface area contributed by atoms with Gasteiger partial charge in [-0.15, -0.1) is 0 Å². The van der Waals surface area contributed by atoms with Crippen molar-refractivity contribution in [1.82, 2.24) is 0 Å².